The number of fused-ring (bicyclic) bond motifs is 3. The lowest BCUT2D eigenvalue weighted by Crippen LogP contribution is -1.97. The Morgan fingerprint density at radius 3 is 2.42 bits per heavy atom. The van der Waals surface area contributed by atoms with Crippen molar-refractivity contribution in [1.29, 1.82) is 0 Å². The van der Waals surface area contributed by atoms with E-state index in [0.29, 0.717) is 5.82 Å². The molecular weight excluding hydrogens is 330 g/mol. The highest BCUT2D eigenvalue weighted by Crippen LogP contribution is 2.25. The van der Waals surface area contributed by atoms with Gasteiger partial charge in [-0.3, -0.25) is 15.5 Å². The fourth-order valence-corrected chi connectivity index (χ4v) is 2.75. The number of nitro groups is 1. The first kappa shape index (κ1) is 15.6. The summed E-state index contributed by atoms with van der Waals surface area (Å²) in [6, 6.07) is 18.8. The van der Waals surface area contributed by atoms with Gasteiger partial charge in [-0.25, -0.2) is 9.97 Å². The molecule has 2 aromatic carbocycles. The van der Waals surface area contributed by atoms with Gasteiger partial charge < -0.3 is 0 Å². The molecule has 0 bridgehead atoms. The van der Waals surface area contributed by atoms with Crippen LogP contribution in [-0.4, -0.2) is 21.1 Å². The minimum absolute atomic E-state index is 0.0679. The Kier molecular flexibility index (Phi) is 3.95. The number of hydrogen-bond acceptors (Lipinski definition) is 6. The van der Waals surface area contributed by atoms with E-state index in [2.05, 4.69) is 26.6 Å². The van der Waals surface area contributed by atoms with Crippen molar-refractivity contribution in [3.63, 3.8) is 0 Å². The number of pyridine rings is 2. The molecule has 0 aliphatic rings. The third-order valence-corrected chi connectivity index (χ3v) is 3.96. The van der Waals surface area contributed by atoms with E-state index in [0.717, 1.165) is 27.4 Å². The number of hydrazone groups is 1. The molecule has 0 atom stereocenters. The maximum atomic E-state index is 10.7. The van der Waals surface area contributed by atoms with Gasteiger partial charge in [0.25, 0.3) is 5.69 Å². The standard InChI is InChI=1S/C19H13N5O2/c25-24(26)13-9-10-19(20-11-13)23-21-12-18-16-7-2-1-5-14(16)15-6-3-4-8-17(15)22-18/h1-12H,(H,20,23)/b21-12+. The maximum Gasteiger partial charge on any atom is 0.287 e. The molecule has 0 radical (unpaired) electrons. The summed E-state index contributed by atoms with van der Waals surface area (Å²) in [6.07, 6.45) is 2.80. The Morgan fingerprint density at radius 2 is 1.69 bits per heavy atom. The van der Waals surface area contributed by atoms with Crippen molar-refractivity contribution in [1.82, 2.24) is 9.97 Å². The fraction of sp³-hybridized carbons (Fsp3) is 0. The van der Waals surface area contributed by atoms with Gasteiger partial charge >= 0.3 is 0 Å². The molecule has 2 aromatic heterocycles. The molecule has 7 nitrogen and oxygen atoms in total. The van der Waals surface area contributed by atoms with E-state index >= 15 is 0 Å². The summed E-state index contributed by atoms with van der Waals surface area (Å²) >= 11 is 0. The van der Waals surface area contributed by atoms with Gasteiger partial charge in [-0.15, -0.1) is 0 Å². The summed E-state index contributed by atoms with van der Waals surface area (Å²) in [7, 11) is 0. The highest BCUT2D eigenvalue weighted by Gasteiger charge is 2.07. The van der Waals surface area contributed by atoms with E-state index in [9.17, 15) is 10.1 Å². The number of benzene rings is 2. The number of nitrogens with zero attached hydrogens (tertiary/aromatic N) is 4. The molecule has 26 heavy (non-hydrogen) atoms. The molecule has 0 spiro atoms. The molecular formula is C19H13N5O2. The van der Waals surface area contributed by atoms with Crippen molar-refractivity contribution < 1.29 is 4.92 Å². The molecule has 0 aliphatic heterocycles. The van der Waals surface area contributed by atoms with Crippen molar-refractivity contribution in [2.24, 2.45) is 5.10 Å². The first-order valence-corrected chi connectivity index (χ1v) is 7.89. The molecule has 126 valence electrons. The summed E-state index contributed by atoms with van der Waals surface area (Å²) < 4.78 is 0. The smallest absolute Gasteiger partial charge is 0.261 e. The van der Waals surface area contributed by atoms with Crippen molar-refractivity contribution in [3.05, 3.63) is 82.7 Å². The van der Waals surface area contributed by atoms with E-state index in [1.165, 1.54) is 18.3 Å². The molecule has 7 heteroatoms. The molecule has 0 unspecified atom stereocenters. The number of hydrogen-bond donors (Lipinski definition) is 1. The maximum absolute atomic E-state index is 10.7. The minimum Gasteiger partial charge on any atom is -0.261 e. The second-order valence-corrected chi connectivity index (χ2v) is 5.59. The van der Waals surface area contributed by atoms with Gasteiger partial charge in [0.15, 0.2) is 0 Å². The zero-order valence-electron chi connectivity index (χ0n) is 13.5. The average Bonchev–Trinajstić information content (AvgIpc) is 2.68. The van der Waals surface area contributed by atoms with Crippen LogP contribution in [0, 0.1) is 10.1 Å². The normalized spacial score (nSPS) is 11.2. The summed E-state index contributed by atoms with van der Waals surface area (Å²) in [5.41, 5.74) is 4.32. The van der Waals surface area contributed by atoms with Crippen LogP contribution in [-0.2, 0) is 0 Å². The van der Waals surface area contributed by atoms with Gasteiger partial charge in [-0.05, 0) is 17.5 Å². The van der Waals surface area contributed by atoms with Crippen LogP contribution in [0.15, 0.2) is 72.0 Å². The molecule has 0 aliphatic carbocycles. The second-order valence-electron chi connectivity index (χ2n) is 5.59. The van der Waals surface area contributed by atoms with E-state index in [1.807, 2.05) is 42.5 Å². The predicted octanol–water partition coefficient (Wildman–Crippen LogP) is 4.14. The van der Waals surface area contributed by atoms with E-state index in [1.54, 1.807) is 6.21 Å². The Balaban J connectivity index is 1.67. The van der Waals surface area contributed by atoms with Crippen molar-refractivity contribution in [3.8, 4) is 0 Å². The van der Waals surface area contributed by atoms with Crippen molar-refractivity contribution >= 4 is 39.4 Å². The molecule has 0 saturated heterocycles. The zero-order valence-corrected chi connectivity index (χ0v) is 13.5. The molecule has 4 aromatic rings. The van der Waals surface area contributed by atoms with Crippen LogP contribution >= 0.6 is 0 Å². The lowest BCUT2D eigenvalue weighted by atomic mass is 10.0. The van der Waals surface area contributed by atoms with Crippen LogP contribution in [0.2, 0.25) is 0 Å². The molecule has 0 saturated carbocycles. The first-order chi connectivity index (χ1) is 12.7. The number of anilines is 1. The van der Waals surface area contributed by atoms with Gasteiger partial charge in [0.05, 0.1) is 22.3 Å². The Bertz CT molecular complexity index is 1140. The van der Waals surface area contributed by atoms with E-state index < -0.39 is 4.92 Å². The van der Waals surface area contributed by atoms with Crippen LogP contribution in [0.1, 0.15) is 5.69 Å². The number of para-hydroxylation sites is 1. The molecule has 4 rings (SSSR count). The zero-order chi connectivity index (χ0) is 17.9. The quantitative estimate of drug-likeness (QED) is 0.260. The summed E-state index contributed by atoms with van der Waals surface area (Å²) in [5, 5.41) is 18.0. The topological polar surface area (TPSA) is 93.3 Å². The fourth-order valence-electron chi connectivity index (χ4n) is 2.75. The van der Waals surface area contributed by atoms with E-state index in [4.69, 9.17) is 0 Å². The summed E-state index contributed by atoms with van der Waals surface area (Å²) in [6.45, 7) is 0. The van der Waals surface area contributed by atoms with Crippen molar-refractivity contribution in [2.45, 2.75) is 0 Å². The molecule has 1 N–H and O–H groups in total. The molecule has 0 fully saturated rings. The van der Waals surface area contributed by atoms with Crippen LogP contribution in [0.4, 0.5) is 11.5 Å². The van der Waals surface area contributed by atoms with Gasteiger partial charge in [0, 0.05) is 16.8 Å². The molecule has 2 heterocycles. The van der Waals surface area contributed by atoms with Gasteiger partial charge in [0.2, 0.25) is 0 Å². The Labute approximate surface area is 148 Å². The number of nitrogens with one attached hydrogen (secondary N) is 1. The van der Waals surface area contributed by atoms with Gasteiger partial charge in [-0.2, -0.15) is 5.10 Å². The summed E-state index contributed by atoms with van der Waals surface area (Å²) in [4.78, 5) is 18.8. The van der Waals surface area contributed by atoms with E-state index in [-0.39, 0.29) is 5.69 Å². The summed E-state index contributed by atoms with van der Waals surface area (Å²) in [5.74, 6) is 0.414. The van der Waals surface area contributed by atoms with Crippen LogP contribution < -0.4 is 5.43 Å². The van der Waals surface area contributed by atoms with Gasteiger partial charge in [-0.1, -0.05) is 42.5 Å². The first-order valence-electron chi connectivity index (χ1n) is 7.89. The second kappa shape index (κ2) is 6.56. The third kappa shape index (κ3) is 2.93. The van der Waals surface area contributed by atoms with Crippen LogP contribution in [0.5, 0.6) is 0 Å². The predicted molar refractivity (Wildman–Crippen MR) is 101 cm³/mol. The Hall–Kier alpha value is -3.87. The van der Waals surface area contributed by atoms with Crippen molar-refractivity contribution in [2.75, 3.05) is 5.43 Å². The highest BCUT2D eigenvalue weighted by atomic mass is 16.6. The van der Waals surface area contributed by atoms with Gasteiger partial charge in [0.1, 0.15) is 12.0 Å². The monoisotopic (exact) mass is 343 g/mol. The average molecular weight is 343 g/mol. The molecule has 0 amide bonds. The number of aromatic nitrogens is 2. The third-order valence-electron chi connectivity index (χ3n) is 3.96. The Morgan fingerprint density at radius 1 is 0.962 bits per heavy atom. The lowest BCUT2D eigenvalue weighted by molar-refractivity contribution is -0.385. The number of rotatable bonds is 4. The van der Waals surface area contributed by atoms with Crippen LogP contribution in [0.3, 0.4) is 0 Å². The SMILES string of the molecule is O=[N+]([O-])c1ccc(N/N=C/c2nc3ccccc3c3ccccc23)nc1. The lowest BCUT2D eigenvalue weighted by Gasteiger charge is -2.06. The van der Waals surface area contributed by atoms with Crippen LogP contribution in [0.25, 0.3) is 21.7 Å². The highest BCUT2D eigenvalue weighted by molar-refractivity contribution is 6.11. The largest absolute Gasteiger partial charge is 0.287 e. The minimum atomic E-state index is -0.495.